The minimum absolute atomic E-state index is 0.160. The van der Waals surface area contributed by atoms with Crippen LogP contribution >= 0.6 is 11.8 Å². The largest absolute Gasteiger partial charge is 0.478 e. The standard InChI is InChI=1S/C27H26N2O2S/c1-3-12-21(4-2)27(22-13-7-5-8-14-22,23-15-9-6-10-16-23)32-20-19-29-25-24(26(30)31)17-11-18-28-25/h3-18H,1-2,19-20H2,(H,28,29)(H,30,31)/b21-12+. The summed E-state index contributed by atoms with van der Waals surface area (Å²) in [6.07, 6.45) is 7.24. The molecule has 0 saturated carbocycles. The van der Waals surface area contributed by atoms with Gasteiger partial charge in [-0.1, -0.05) is 92.0 Å². The highest BCUT2D eigenvalue weighted by Gasteiger charge is 2.37. The number of aromatic carboxylic acids is 1. The molecule has 0 aliphatic heterocycles. The molecule has 3 aromatic rings. The number of carboxylic acids is 1. The topological polar surface area (TPSA) is 62.2 Å². The van der Waals surface area contributed by atoms with E-state index in [0.29, 0.717) is 18.1 Å². The van der Waals surface area contributed by atoms with Crippen LogP contribution in [0.25, 0.3) is 0 Å². The fourth-order valence-electron chi connectivity index (χ4n) is 3.64. The van der Waals surface area contributed by atoms with E-state index in [2.05, 4.69) is 47.7 Å². The zero-order valence-corrected chi connectivity index (χ0v) is 18.6. The van der Waals surface area contributed by atoms with Crippen molar-refractivity contribution >= 4 is 23.5 Å². The van der Waals surface area contributed by atoms with Gasteiger partial charge in [-0.25, -0.2) is 9.78 Å². The van der Waals surface area contributed by atoms with Crippen LogP contribution in [0.15, 0.2) is 116 Å². The van der Waals surface area contributed by atoms with Gasteiger partial charge in [-0.2, -0.15) is 0 Å². The number of carbonyl (C=O) groups is 1. The second kappa shape index (κ2) is 11.2. The quantitative estimate of drug-likeness (QED) is 0.275. The van der Waals surface area contributed by atoms with Crippen molar-refractivity contribution in [2.24, 2.45) is 0 Å². The Hall–Kier alpha value is -3.57. The lowest BCUT2D eigenvalue weighted by molar-refractivity contribution is 0.0697. The predicted octanol–water partition coefficient (Wildman–Crippen LogP) is 6.17. The first kappa shape index (κ1) is 23.1. The Morgan fingerprint density at radius 2 is 1.62 bits per heavy atom. The smallest absolute Gasteiger partial charge is 0.339 e. The van der Waals surface area contributed by atoms with Gasteiger partial charge >= 0.3 is 5.97 Å². The lowest BCUT2D eigenvalue weighted by Gasteiger charge is -2.36. The molecular weight excluding hydrogens is 416 g/mol. The molecule has 4 nitrogen and oxygen atoms in total. The molecule has 0 saturated heterocycles. The van der Waals surface area contributed by atoms with Gasteiger partial charge in [0, 0.05) is 18.5 Å². The molecule has 1 heterocycles. The third kappa shape index (κ3) is 5.01. The minimum Gasteiger partial charge on any atom is -0.478 e. The van der Waals surface area contributed by atoms with Crippen molar-refractivity contribution < 1.29 is 9.90 Å². The number of allylic oxidation sites excluding steroid dienone is 3. The summed E-state index contributed by atoms with van der Waals surface area (Å²) in [5.41, 5.74) is 3.45. The van der Waals surface area contributed by atoms with Gasteiger partial charge in [0.2, 0.25) is 0 Å². The fraction of sp³-hybridized carbons (Fsp3) is 0.111. The Kier molecular flexibility index (Phi) is 8.06. The second-order valence-corrected chi connectivity index (χ2v) is 8.26. The monoisotopic (exact) mass is 442 g/mol. The maximum Gasteiger partial charge on any atom is 0.339 e. The Balaban J connectivity index is 1.96. The molecule has 5 heteroatoms. The molecule has 0 aliphatic carbocycles. The summed E-state index contributed by atoms with van der Waals surface area (Å²) in [4.78, 5) is 15.7. The number of carboxylic acid groups (broad SMARTS) is 1. The van der Waals surface area contributed by atoms with Crippen molar-refractivity contribution in [2.45, 2.75) is 4.75 Å². The molecule has 0 atom stereocenters. The summed E-state index contributed by atoms with van der Waals surface area (Å²) in [6.45, 7) is 8.53. The van der Waals surface area contributed by atoms with Crippen LogP contribution in [0.4, 0.5) is 5.82 Å². The molecule has 0 spiro atoms. The first-order chi connectivity index (χ1) is 15.6. The molecule has 0 bridgehead atoms. The molecule has 1 aromatic heterocycles. The van der Waals surface area contributed by atoms with Gasteiger partial charge in [-0.05, 0) is 28.8 Å². The maximum atomic E-state index is 11.5. The number of thioether (sulfide) groups is 1. The van der Waals surface area contributed by atoms with Gasteiger partial charge in [-0.15, -0.1) is 11.8 Å². The number of rotatable bonds is 11. The number of nitrogens with one attached hydrogen (secondary N) is 1. The summed E-state index contributed by atoms with van der Waals surface area (Å²) in [5.74, 6) is 0.0668. The van der Waals surface area contributed by atoms with E-state index in [4.69, 9.17) is 0 Å². The normalized spacial score (nSPS) is 11.6. The number of anilines is 1. The molecule has 162 valence electrons. The van der Waals surface area contributed by atoms with Crippen LogP contribution in [0.5, 0.6) is 0 Å². The molecule has 0 radical (unpaired) electrons. The highest BCUT2D eigenvalue weighted by molar-refractivity contribution is 8.00. The van der Waals surface area contributed by atoms with Crippen LogP contribution in [0, 0.1) is 0 Å². The van der Waals surface area contributed by atoms with Crippen LogP contribution in [0.1, 0.15) is 21.5 Å². The average molecular weight is 443 g/mol. The van der Waals surface area contributed by atoms with E-state index in [-0.39, 0.29) is 5.56 Å². The molecule has 0 fully saturated rings. The highest BCUT2D eigenvalue weighted by atomic mass is 32.2. The maximum absolute atomic E-state index is 11.5. The van der Waals surface area contributed by atoms with E-state index >= 15 is 0 Å². The Morgan fingerprint density at radius 1 is 1.00 bits per heavy atom. The zero-order valence-electron chi connectivity index (χ0n) is 17.8. The van der Waals surface area contributed by atoms with Crippen LogP contribution in [0.2, 0.25) is 0 Å². The molecular formula is C27H26N2O2S. The van der Waals surface area contributed by atoms with Crippen molar-refractivity contribution in [2.75, 3.05) is 17.6 Å². The van der Waals surface area contributed by atoms with Crippen LogP contribution < -0.4 is 5.32 Å². The molecule has 0 unspecified atom stereocenters. The predicted molar refractivity (Wildman–Crippen MR) is 134 cm³/mol. The molecule has 0 aliphatic rings. The number of hydrogen-bond acceptors (Lipinski definition) is 4. The van der Waals surface area contributed by atoms with Gasteiger partial charge in [0.25, 0.3) is 0 Å². The fourth-order valence-corrected chi connectivity index (χ4v) is 5.08. The summed E-state index contributed by atoms with van der Waals surface area (Å²) in [6, 6.07) is 23.8. The van der Waals surface area contributed by atoms with E-state index in [1.165, 1.54) is 0 Å². The Bertz CT molecular complexity index is 1060. The van der Waals surface area contributed by atoms with Crippen LogP contribution in [0.3, 0.4) is 0 Å². The van der Waals surface area contributed by atoms with E-state index in [1.807, 2.05) is 48.6 Å². The molecule has 2 N–H and O–H groups in total. The summed E-state index contributed by atoms with van der Waals surface area (Å²) in [7, 11) is 0. The van der Waals surface area contributed by atoms with Gasteiger partial charge < -0.3 is 10.4 Å². The second-order valence-electron chi connectivity index (χ2n) is 6.96. The first-order valence-electron chi connectivity index (χ1n) is 10.3. The number of nitrogens with zero attached hydrogens (tertiary/aromatic N) is 1. The lowest BCUT2D eigenvalue weighted by Crippen LogP contribution is -2.27. The summed E-state index contributed by atoms with van der Waals surface area (Å²) in [5, 5.41) is 12.6. The third-order valence-corrected chi connectivity index (χ3v) is 6.58. The molecule has 0 amide bonds. The van der Waals surface area contributed by atoms with E-state index in [1.54, 1.807) is 36.2 Å². The van der Waals surface area contributed by atoms with Crippen molar-refractivity contribution in [1.29, 1.82) is 0 Å². The number of aromatic nitrogens is 1. The number of benzene rings is 2. The van der Waals surface area contributed by atoms with E-state index in [0.717, 1.165) is 16.7 Å². The van der Waals surface area contributed by atoms with Crippen LogP contribution in [-0.2, 0) is 4.75 Å². The van der Waals surface area contributed by atoms with E-state index < -0.39 is 10.7 Å². The van der Waals surface area contributed by atoms with Crippen molar-refractivity contribution in [1.82, 2.24) is 4.98 Å². The average Bonchev–Trinajstić information content (AvgIpc) is 2.84. The zero-order chi connectivity index (χ0) is 22.8. The molecule has 3 rings (SSSR count). The van der Waals surface area contributed by atoms with Gasteiger partial charge in [0.05, 0.1) is 4.75 Å². The van der Waals surface area contributed by atoms with Gasteiger partial charge in [-0.3, -0.25) is 0 Å². The molecule has 32 heavy (non-hydrogen) atoms. The van der Waals surface area contributed by atoms with Crippen molar-refractivity contribution in [3.63, 3.8) is 0 Å². The summed E-state index contributed by atoms with van der Waals surface area (Å²) >= 11 is 1.76. The summed E-state index contributed by atoms with van der Waals surface area (Å²) < 4.78 is -0.500. The first-order valence-corrected chi connectivity index (χ1v) is 11.2. The van der Waals surface area contributed by atoms with Gasteiger partial charge in [0.1, 0.15) is 11.4 Å². The van der Waals surface area contributed by atoms with Crippen molar-refractivity contribution in [3.05, 3.63) is 133 Å². The van der Waals surface area contributed by atoms with E-state index in [9.17, 15) is 9.90 Å². The number of pyridine rings is 1. The van der Waals surface area contributed by atoms with Gasteiger partial charge in [0.15, 0.2) is 0 Å². The van der Waals surface area contributed by atoms with Crippen molar-refractivity contribution in [3.8, 4) is 0 Å². The lowest BCUT2D eigenvalue weighted by atomic mass is 9.83. The minimum atomic E-state index is -1.00. The Labute approximate surface area is 193 Å². The van der Waals surface area contributed by atoms with Crippen LogP contribution in [-0.4, -0.2) is 28.4 Å². The molecule has 2 aromatic carbocycles. The highest BCUT2D eigenvalue weighted by Crippen LogP contribution is 2.49. The SMILES string of the molecule is C=C/C=C(\C=C)C(SCCNc1ncccc1C(=O)O)(c1ccccc1)c1ccccc1. The Morgan fingerprint density at radius 3 is 2.16 bits per heavy atom. The number of hydrogen-bond donors (Lipinski definition) is 2. The third-order valence-electron chi connectivity index (χ3n) is 5.04.